The average Bonchev–Trinajstić information content (AvgIpc) is 3.26. The van der Waals surface area contributed by atoms with Crippen LogP contribution in [-0.4, -0.2) is 51.6 Å². The van der Waals surface area contributed by atoms with Crippen LogP contribution in [0.5, 0.6) is 0 Å². The molecule has 0 radical (unpaired) electrons. The fraction of sp³-hybridized carbons (Fsp3) is 0.412. The first-order chi connectivity index (χ1) is 12.9. The van der Waals surface area contributed by atoms with E-state index >= 15 is 0 Å². The lowest BCUT2D eigenvalue weighted by Crippen LogP contribution is -2.64. The van der Waals surface area contributed by atoms with E-state index in [0.717, 1.165) is 22.3 Å². The molecular weight excluding hydrogens is 364 g/mol. The SMILES string of the molecule is CC(C)S(=N)(=O)N1CC(CC#N)(n2cc(-c3ncnc4[nH]ccc34)cn2)C1. The molecule has 3 aromatic heterocycles. The van der Waals surface area contributed by atoms with Gasteiger partial charge >= 0.3 is 0 Å². The highest BCUT2D eigenvalue weighted by Gasteiger charge is 2.49. The number of fused-ring (bicyclic) bond motifs is 1. The molecule has 4 rings (SSSR count). The Morgan fingerprint density at radius 1 is 1.44 bits per heavy atom. The molecule has 0 bridgehead atoms. The number of aromatic amines is 1. The van der Waals surface area contributed by atoms with Gasteiger partial charge in [-0.05, 0) is 19.9 Å². The molecule has 0 aromatic carbocycles. The molecule has 2 N–H and O–H groups in total. The maximum Gasteiger partial charge on any atom is 0.141 e. The predicted molar refractivity (Wildman–Crippen MR) is 101 cm³/mol. The Balaban J connectivity index is 1.67. The van der Waals surface area contributed by atoms with Gasteiger partial charge in [-0.25, -0.2) is 23.3 Å². The van der Waals surface area contributed by atoms with Gasteiger partial charge in [-0.3, -0.25) is 4.68 Å². The van der Waals surface area contributed by atoms with Crippen LogP contribution in [0.4, 0.5) is 0 Å². The van der Waals surface area contributed by atoms with Crippen LogP contribution in [0.1, 0.15) is 20.3 Å². The second-order valence-corrected chi connectivity index (χ2v) is 9.71. The lowest BCUT2D eigenvalue weighted by atomic mass is 9.89. The van der Waals surface area contributed by atoms with Crippen molar-refractivity contribution in [1.82, 2.24) is 29.0 Å². The molecule has 1 unspecified atom stereocenters. The Kier molecular flexibility index (Phi) is 4.01. The fourth-order valence-corrected chi connectivity index (χ4v) is 4.85. The maximum atomic E-state index is 12.6. The van der Waals surface area contributed by atoms with Crippen molar-refractivity contribution in [2.75, 3.05) is 13.1 Å². The van der Waals surface area contributed by atoms with Crippen molar-refractivity contribution in [3.05, 3.63) is 31.0 Å². The molecule has 0 saturated carbocycles. The van der Waals surface area contributed by atoms with E-state index in [2.05, 4.69) is 26.1 Å². The predicted octanol–water partition coefficient (Wildman–Crippen LogP) is 2.12. The summed E-state index contributed by atoms with van der Waals surface area (Å²) in [7, 11) is -2.85. The van der Waals surface area contributed by atoms with Gasteiger partial charge in [-0.15, -0.1) is 0 Å². The average molecular weight is 384 g/mol. The number of rotatable bonds is 5. The van der Waals surface area contributed by atoms with Crippen LogP contribution in [0, 0.1) is 16.1 Å². The van der Waals surface area contributed by atoms with Gasteiger partial charge in [0.05, 0.1) is 29.6 Å². The van der Waals surface area contributed by atoms with Gasteiger partial charge in [0.25, 0.3) is 0 Å². The van der Waals surface area contributed by atoms with Gasteiger partial charge in [0, 0.05) is 36.4 Å². The summed E-state index contributed by atoms with van der Waals surface area (Å²) < 4.78 is 24.1. The molecular formula is C17H20N8OS. The molecule has 9 nitrogen and oxygen atoms in total. The van der Waals surface area contributed by atoms with Crippen molar-refractivity contribution in [2.24, 2.45) is 0 Å². The Morgan fingerprint density at radius 3 is 2.93 bits per heavy atom. The highest BCUT2D eigenvalue weighted by atomic mass is 32.2. The third-order valence-electron chi connectivity index (χ3n) is 5.07. The van der Waals surface area contributed by atoms with Crippen molar-refractivity contribution < 1.29 is 4.21 Å². The van der Waals surface area contributed by atoms with Crippen LogP contribution < -0.4 is 0 Å². The number of nitrogens with one attached hydrogen (secondary N) is 2. The van der Waals surface area contributed by atoms with E-state index in [1.165, 1.54) is 6.33 Å². The number of hydrogen-bond acceptors (Lipinski definition) is 6. The van der Waals surface area contributed by atoms with E-state index in [4.69, 9.17) is 4.78 Å². The number of nitriles is 1. The van der Waals surface area contributed by atoms with Crippen LogP contribution in [-0.2, 0) is 15.5 Å². The first kappa shape index (κ1) is 17.6. The van der Waals surface area contributed by atoms with Crippen LogP contribution in [0.2, 0.25) is 0 Å². The highest BCUT2D eigenvalue weighted by Crippen LogP contribution is 2.36. The molecule has 3 aromatic rings. The third-order valence-corrected chi connectivity index (χ3v) is 7.37. The smallest absolute Gasteiger partial charge is 0.141 e. The van der Waals surface area contributed by atoms with E-state index in [-0.39, 0.29) is 11.7 Å². The quantitative estimate of drug-likeness (QED) is 0.696. The molecule has 1 fully saturated rings. The second-order valence-electron chi connectivity index (χ2n) is 7.11. The normalized spacial score (nSPS) is 18.9. The third kappa shape index (κ3) is 2.70. The van der Waals surface area contributed by atoms with E-state index in [1.54, 1.807) is 29.0 Å². The molecule has 1 aliphatic heterocycles. The summed E-state index contributed by atoms with van der Waals surface area (Å²) >= 11 is 0. The van der Waals surface area contributed by atoms with E-state index in [1.807, 2.05) is 18.5 Å². The number of H-pyrrole nitrogens is 1. The van der Waals surface area contributed by atoms with Crippen molar-refractivity contribution in [3.63, 3.8) is 0 Å². The summed E-state index contributed by atoms with van der Waals surface area (Å²) in [6, 6.07) is 4.13. The molecule has 0 spiro atoms. The van der Waals surface area contributed by atoms with Gasteiger partial charge < -0.3 is 4.98 Å². The summed E-state index contributed by atoms with van der Waals surface area (Å²) in [4.78, 5) is 11.6. The zero-order chi connectivity index (χ0) is 19.2. The van der Waals surface area contributed by atoms with Crippen molar-refractivity contribution >= 4 is 20.9 Å². The lowest BCUT2D eigenvalue weighted by molar-refractivity contribution is 0.0740. The Bertz CT molecular complexity index is 1130. The van der Waals surface area contributed by atoms with Gasteiger partial charge in [0.15, 0.2) is 0 Å². The van der Waals surface area contributed by atoms with E-state index in [0.29, 0.717) is 13.1 Å². The fourth-order valence-electron chi connectivity index (χ4n) is 3.39. The summed E-state index contributed by atoms with van der Waals surface area (Å²) in [5.74, 6) is 0. The second kappa shape index (κ2) is 6.14. The summed E-state index contributed by atoms with van der Waals surface area (Å²) in [6.45, 7) is 4.29. The maximum absolute atomic E-state index is 12.6. The van der Waals surface area contributed by atoms with Gasteiger partial charge in [0.1, 0.15) is 27.4 Å². The minimum Gasteiger partial charge on any atom is -0.346 e. The lowest BCUT2D eigenvalue weighted by Gasteiger charge is -2.49. The number of aromatic nitrogens is 5. The number of nitrogens with zero attached hydrogens (tertiary/aromatic N) is 6. The topological polar surface area (TPSA) is 127 Å². The summed E-state index contributed by atoms with van der Waals surface area (Å²) in [6.07, 6.45) is 7.13. The van der Waals surface area contributed by atoms with Crippen molar-refractivity contribution in [1.29, 1.82) is 10.0 Å². The molecule has 27 heavy (non-hydrogen) atoms. The van der Waals surface area contributed by atoms with Crippen LogP contribution in [0.15, 0.2) is 31.0 Å². The summed E-state index contributed by atoms with van der Waals surface area (Å²) in [5, 5.41) is 14.4. The molecule has 0 amide bonds. The Hall–Kier alpha value is -2.77. The summed E-state index contributed by atoms with van der Waals surface area (Å²) in [5.41, 5.74) is 1.77. The van der Waals surface area contributed by atoms with Crippen molar-refractivity contribution in [3.8, 4) is 17.3 Å². The zero-order valence-corrected chi connectivity index (χ0v) is 15.9. The van der Waals surface area contributed by atoms with E-state index in [9.17, 15) is 9.47 Å². The van der Waals surface area contributed by atoms with Gasteiger partial charge in [-0.1, -0.05) is 0 Å². The molecule has 1 saturated heterocycles. The molecule has 10 heteroatoms. The standard InChI is InChI=1S/C17H20N8OS/c1-12(2)27(19,26)24-9-17(10-24,4-5-18)25-8-13(7-23-25)15-14-3-6-20-16(14)22-11-21-15/h3,6-8,11-12,19H,4,9-10H2,1-2H3,(H,20,21,22). The van der Waals surface area contributed by atoms with Crippen molar-refractivity contribution in [2.45, 2.75) is 31.1 Å². The first-order valence-corrected chi connectivity index (χ1v) is 10.2. The monoisotopic (exact) mass is 384 g/mol. The Morgan fingerprint density at radius 2 is 2.22 bits per heavy atom. The van der Waals surface area contributed by atoms with Crippen LogP contribution in [0.3, 0.4) is 0 Å². The minimum atomic E-state index is -2.85. The van der Waals surface area contributed by atoms with Crippen LogP contribution in [0.25, 0.3) is 22.3 Å². The molecule has 1 atom stereocenters. The van der Waals surface area contributed by atoms with Gasteiger partial charge in [0.2, 0.25) is 0 Å². The van der Waals surface area contributed by atoms with E-state index < -0.39 is 15.5 Å². The minimum absolute atomic E-state index is 0.238. The molecule has 4 heterocycles. The number of hydrogen-bond donors (Lipinski definition) is 2. The zero-order valence-electron chi connectivity index (χ0n) is 15.1. The molecule has 140 valence electrons. The first-order valence-electron chi connectivity index (χ1n) is 8.61. The molecule has 0 aliphatic carbocycles. The largest absolute Gasteiger partial charge is 0.346 e. The Labute approximate surface area is 157 Å². The van der Waals surface area contributed by atoms with Gasteiger partial charge in [-0.2, -0.15) is 10.4 Å². The highest BCUT2D eigenvalue weighted by molar-refractivity contribution is 7.90. The van der Waals surface area contributed by atoms with Crippen LogP contribution >= 0.6 is 0 Å². The molecule has 1 aliphatic rings.